The molecule has 0 saturated heterocycles. The molecule has 0 aliphatic heterocycles. The summed E-state index contributed by atoms with van der Waals surface area (Å²) in [5.41, 5.74) is 7.66. The number of benzene rings is 1. The van der Waals surface area contributed by atoms with Gasteiger partial charge in [-0.05, 0) is 19.1 Å². The van der Waals surface area contributed by atoms with Crippen LogP contribution in [0.3, 0.4) is 0 Å². The van der Waals surface area contributed by atoms with E-state index in [9.17, 15) is 0 Å². The maximum Gasteiger partial charge on any atom is 0.221 e. The van der Waals surface area contributed by atoms with Gasteiger partial charge in [0, 0.05) is 17.8 Å². The molecule has 6 nitrogen and oxygen atoms in total. The molecule has 2 aromatic rings. The molecule has 2 rings (SSSR count). The van der Waals surface area contributed by atoms with Crippen LogP contribution in [-0.4, -0.2) is 17.1 Å². The van der Waals surface area contributed by atoms with Gasteiger partial charge in [0.2, 0.25) is 5.95 Å². The summed E-state index contributed by atoms with van der Waals surface area (Å²) >= 11 is 0. The van der Waals surface area contributed by atoms with Crippen molar-refractivity contribution < 1.29 is 4.74 Å². The Bertz CT molecular complexity index is 648. The van der Waals surface area contributed by atoms with E-state index in [-0.39, 0.29) is 5.95 Å². The lowest BCUT2D eigenvalue weighted by molar-refractivity contribution is 0.416. The van der Waals surface area contributed by atoms with Crippen molar-refractivity contribution in [2.24, 2.45) is 0 Å². The number of aromatic nitrogens is 2. The van der Waals surface area contributed by atoms with Gasteiger partial charge in [-0.3, -0.25) is 0 Å². The third-order valence-electron chi connectivity index (χ3n) is 2.57. The average molecular weight is 255 g/mol. The fourth-order valence-electron chi connectivity index (χ4n) is 1.57. The molecular formula is C13H13N5O. The first-order valence-electron chi connectivity index (χ1n) is 5.58. The molecule has 0 unspecified atom stereocenters. The van der Waals surface area contributed by atoms with Gasteiger partial charge >= 0.3 is 0 Å². The SMILES string of the molecule is COc1cc(C#N)ccc1Nc1nc(N)ncc1C. The second-order valence-corrected chi connectivity index (χ2v) is 3.91. The van der Waals surface area contributed by atoms with Gasteiger partial charge in [-0.1, -0.05) is 0 Å². The Morgan fingerprint density at radius 1 is 1.42 bits per heavy atom. The molecule has 0 spiro atoms. The Balaban J connectivity index is 2.38. The van der Waals surface area contributed by atoms with Crippen molar-refractivity contribution in [2.75, 3.05) is 18.2 Å². The van der Waals surface area contributed by atoms with Crippen molar-refractivity contribution in [3.8, 4) is 11.8 Å². The zero-order valence-electron chi connectivity index (χ0n) is 10.6. The smallest absolute Gasteiger partial charge is 0.221 e. The van der Waals surface area contributed by atoms with E-state index < -0.39 is 0 Å². The van der Waals surface area contributed by atoms with E-state index in [1.165, 1.54) is 0 Å². The van der Waals surface area contributed by atoms with Gasteiger partial charge in [0.25, 0.3) is 0 Å². The number of aryl methyl sites for hydroxylation is 1. The van der Waals surface area contributed by atoms with Crippen LogP contribution >= 0.6 is 0 Å². The Hall–Kier alpha value is -2.81. The predicted octanol–water partition coefficient (Wildman–Crippen LogP) is 1.99. The summed E-state index contributed by atoms with van der Waals surface area (Å²) in [6, 6.07) is 7.17. The highest BCUT2D eigenvalue weighted by Gasteiger charge is 2.08. The van der Waals surface area contributed by atoms with Gasteiger partial charge in [0.05, 0.1) is 24.4 Å². The Morgan fingerprint density at radius 3 is 2.89 bits per heavy atom. The minimum atomic E-state index is 0.195. The van der Waals surface area contributed by atoms with E-state index in [2.05, 4.69) is 21.4 Å². The van der Waals surface area contributed by atoms with E-state index in [0.717, 1.165) is 5.56 Å². The first-order chi connectivity index (χ1) is 9.13. The topological polar surface area (TPSA) is 96.8 Å². The van der Waals surface area contributed by atoms with E-state index in [4.69, 9.17) is 15.7 Å². The highest BCUT2D eigenvalue weighted by molar-refractivity contribution is 5.67. The maximum atomic E-state index is 8.86. The number of methoxy groups -OCH3 is 1. The molecule has 1 aromatic heterocycles. The number of anilines is 3. The number of nitrogens with two attached hydrogens (primary N) is 1. The van der Waals surface area contributed by atoms with Gasteiger partial charge in [0.15, 0.2) is 0 Å². The normalized spacial score (nSPS) is 9.74. The highest BCUT2D eigenvalue weighted by atomic mass is 16.5. The molecule has 3 N–H and O–H groups in total. The molecule has 1 aromatic carbocycles. The molecule has 0 amide bonds. The second kappa shape index (κ2) is 5.23. The maximum absolute atomic E-state index is 8.86. The van der Waals surface area contributed by atoms with Crippen LogP contribution in [0.2, 0.25) is 0 Å². The van der Waals surface area contributed by atoms with E-state index >= 15 is 0 Å². The molecular weight excluding hydrogens is 242 g/mol. The molecule has 1 heterocycles. The number of nitriles is 1. The Kier molecular flexibility index (Phi) is 3.48. The number of rotatable bonds is 3. The summed E-state index contributed by atoms with van der Waals surface area (Å²) in [5.74, 6) is 1.37. The van der Waals surface area contributed by atoms with Crippen molar-refractivity contribution in [1.29, 1.82) is 5.26 Å². The van der Waals surface area contributed by atoms with Crippen molar-refractivity contribution in [2.45, 2.75) is 6.92 Å². The van der Waals surface area contributed by atoms with Gasteiger partial charge in [-0.25, -0.2) is 4.98 Å². The summed E-state index contributed by atoms with van der Waals surface area (Å²) in [5, 5.41) is 12.0. The van der Waals surface area contributed by atoms with Gasteiger partial charge < -0.3 is 15.8 Å². The number of hydrogen-bond acceptors (Lipinski definition) is 6. The van der Waals surface area contributed by atoms with Crippen LogP contribution in [0.1, 0.15) is 11.1 Å². The fourth-order valence-corrected chi connectivity index (χ4v) is 1.57. The first kappa shape index (κ1) is 12.6. The summed E-state index contributed by atoms with van der Waals surface area (Å²) in [7, 11) is 1.54. The lowest BCUT2D eigenvalue weighted by Gasteiger charge is -2.12. The van der Waals surface area contributed by atoms with Gasteiger partial charge in [-0.2, -0.15) is 10.2 Å². The molecule has 0 saturated carbocycles. The number of hydrogen-bond donors (Lipinski definition) is 2. The van der Waals surface area contributed by atoms with Crippen LogP contribution in [0.15, 0.2) is 24.4 Å². The summed E-state index contributed by atoms with van der Waals surface area (Å²) in [6.45, 7) is 1.87. The summed E-state index contributed by atoms with van der Waals surface area (Å²) in [4.78, 5) is 8.02. The number of nitrogen functional groups attached to an aromatic ring is 1. The largest absolute Gasteiger partial charge is 0.495 e. The molecule has 19 heavy (non-hydrogen) atoms. The van der Waals surface area contributed by atoms with E-state index in [0.29, 0.717) is 22.8 Å². The molecule has 6 heteroatoms. The van der Waals surface area contributed by atoms with Crippen molar-refractivity contribution in [1.82, 2.24) is 9.97 Å². The molecule has 0 aliphatic rings. The third-order valence-corrected chi connectivity index (χ3v) is 2.57. The van der Waals surface area contributed by atoms with Crippen LogP contribution < -0.4 is 15.8 Å². The zero-order chi connectivity index (χ0) is 13.8. The zero-order valence-corrected chi connectivity index (χ0v) is 10.6. The standard InChI is InChI=1S/C13H13N5O/c1-8-7-16-13(15)18-12(8)17-10-4-3-9(6-14)5-11(10)19-2/h3-5,7H,1-2H3,(H3,15,16,17,18). The monoisotopic (exact) mass is 255 g/mol. The minimum Gasteiger partial charge on any atom is -0.495 e. The Morgan fingerprint density at radius 2 is 2.21 bits per heavy atom. The Labute approximate surface area is 110 Å². The quantitative estimate of drug-likeness (QED) is 0.870. The number of nitrogens with one attached hydrogen (secondary N) is 1. The number of nitrogens with zero attached hydrogens (tertiary/aromatic N) is 3. The summed E-state index contributed by atoms with van der Waals surface area (Å²) < 4.78 is 5.24. The predicted molar refractivity (Wildman–Crippen MR) is 72.2 cm³/mol. The molecule has 0 atom stereocenters. The average Bonchev–Trinajstić information content (AvgIpc) is 2.43. The minimum absolute atomic E-state index is 0.195. The van der Waals surface area contributed by atoms with Gasteiger partial charge in [-0.15, -0.1) is 0 Å². The van der Waals surface area contributed by atoms with Crippen LogP contribution in [0.5, 0.6) is 5.75 Å². The number of ether oxygens (including phenoxy) is 1. The third kappa shape index (κ3) is 2.72. The molecule has 0 bridgehead atoms. The molecule has 0 aliphatic carbocycles. The van der Waals surface area contributed by atoms with Gasteiger partial charge in [0.1, 0.15) is 11.6 Å². The fraction of sp³-hybridized carbons (Fsp3) is 0.154. The van der Waals surface area contributed by atoms with Crippen LogP contribution in [0.25, 0.3) is 0 Å². The molecule has 96 valence electrons. The van der Waals surface area contributed by atoms with Crippen molar-refractivity contribution in [3.05, 3.63) is 35.5 Å². The lowest BCUT2D eigenvalue weighted by atomic mass is 10.2. The van der Waals surface area contributed by atoms with Crippen LogP contribution in [0, 0.1) is 18.3 Å². The highest BCUT2D eigenvalue weighted by Crippen LogP contribution is 2.28. The molecule has 0 radical (unpaired) electrons. The van der Waals surface area contributed by atoms with E-state index in [1.807, 2.05) is 6.92 Å². The van der Waals surface area contributed by atoms with Crippen molar-refractivity contribution >= 4 is 17.5 Å². The van der Waals surface area contributed by atoms with Crippen LogP contribution in [-0.2, 0) is 0 Å². The van der Waals surface area contributed by atoms with E-state index in [1.54, 1.807) is 31.5 Å². The first-order valence-corrected chi connectivity index (χ1v) is 5.58. The molecule has 0 fully saturated rings. The lowest BCUT2D eigenvalue weighted by Crippen LogP contribution is -2.03. The summed E-state index contributed by atoms with van der Waals surface area (Å²) in [6.07, 6.45) is 1.64. The second-order valence-electron chi connectivity index (χ2n) is 3.91. The van der Waals surface area contributed by atoms with Crippen LogP contribution in [0.4, 0.5) is 17.5 Å². The van der Waals surface area contributed by atoms with Crippen molar-refractivity contribution in [3.63, 3.8) is 0 Å².